The summed E-state index contributed by atoms with van der Waals surface area (Å²) in [5, 5.41) is 6.39. The quantitative estimate of drug-likeness (QED) is 0.770. The summed E-state index contributed by atoms with van der Waals surface area (Å²) >= 11 is 2.01. The standard InChI is InChI=1S/C17H31N3O2S/c21-16(19-15-5-3-1-2-4-6-15)18-13-17(7-12-23-14-17)20-8-10-22-11-9-20/h15H,1-14H2,(H2,18,19,21)/t17-/m1/s1. The normalized spacial score (nSPS) is 30.8. The molecule has 0 aromatic carbocycles. The Morgan fingerprint density at radius 1 is 1.17 bits per heavy atom. The molecule has 0 spiro atoms. The van der Waals surface area contributed by atoms with E-state index in [4.69, 9.17) is 4.74 Å². The Balaban J connectivity index is 1.49. The Bertz CT molecular complexity index is 374. The second-order valence-corrected chi connectivity index (χ2v) is 8.25. The van der Waals surface area contributed by atoms with Gasteiger partial charge in [-0.3, -0.25) is 4.90 Å². The number of hydrogen-bond donors (Lipinski definition) is 2. The molecule has 3 fully saturated rings. The molecule has 23 heavy (non-hydrogen) atoms. The van der Waals surface area contributed by atoms with Crippen LogP contribution in [0, 0.1) is 0 Å². The highest BCUT2D eigenvalue weighted by molar-refractivity contribution is 7.99. The molecule has 2 heterocycles. The van der Waals surface area contributed by atoms with Gasteiger partial charge in [0.15, 0.2) is 0 Å². The molecule has 0 unspecified atom stereocenters. The molecule has 1 atom stereocenters. The van der Waals surface area contributed by atoms with E-state index in [1.54, 1.807) is 0 Å². The highest BCUT2D eigenvalue weighted by atomic mass is 32.2. The Hall–Kier alpha value is -0.460. The van der Waals surface area contributed by atoms with Crippen LogP contribution in [0.5, 0.6) is 0 Å². The zero-order chi connectivity index (χ0) is 16.0. The van der Waals surface area contributed by atoms with Crippen LogP contribution in [0.3, 0.4) is 0 Å². The zero-order valence-electron chi connectivity index (χ0n) is 14.1. The summed E-state index contributed by atoms with van der Waals surface area (Å²) in [6, 6.07) is 0.399. The lowest BCUT2D eigenvalue weighted by Crippen LogP contribution is -2.60. The van der Waals surface area contributed by atoms with Gasteiger partial charge in [-0.2, -0.15) is 11.8 Å². The van der Waals surface area contributed by atoms with Crippen LogP contribution < -0.4 is 10.6 Å². The molecular formula is C17H31N3O2S. The number of morpholine rings is 1. The van der Waals surface area contributed by atoms with Gasteiger partial charge in [0.25, 0.3) is 0 Å². The fraction of sp³-hybridized carbons (Fsp3) is 0.941. The maximum atomic E-state index is 12.3. The third-order valence-corrected chi connectivity index (χ3v) is 6.77. The van der Waals surface area contributed by atoms with Gasteiger partial charge in [0, 0.05) is 37.0 Å². The van der Waals surface area contributed by atoms with Gasteiger partial charge < -0.3 is 15.4 Å². The monoisotopic (exact) mass is 341 g/mol. The van der Waals surface area contributed by atoms with Gasteiger partial charge in [-0.15, -0.1) is 0 Å². The molecule has 0 aromatic rings. The third kappa shape index (κ3) is 4.77. The van der Waals surface area contributed by atoms with E-state index in [-0.39, 0.29) is 11.6 Å². The maximum Gasteiger partial charge on any atom is 0.315 e. The summed E-state index contributed by atoms with van der Waals surface area (Å²) in [6.07, 6.45) is 8.57. The summed E-state index contributed by atoms with van der Waals surface area (Å²) in [5.74, 6) is 2.32. The molecule has 132 valence electrons. The van der Waals surface area contributed by atoms with Crippen molar-refractivity contribution in [3.63, 3.8) is 0 Å². The van der Waals surface area contributed by atoms with Crippen molar-refractivity contribution < 1.29 is 9.53 Å². The predicted octanol–water partition coefficient (Wildman–Crippen LogP) is 2.22. The number of carbonyl (C=O) groups is 1. The first-order chi connectivity index (χ1) is 11.3. The number of hydrogen-bond acceptors (Lipinski definition) is 4. The number of nitrogens with one attached hydrogen (secondary N) is 2. The van der Waals surface area contributed by atoms with Crippen LogP contribution in [0.2, 0.25) is 0 Å². The largest absolute Gasteiger partial charge is 0.379 e. The first kappa shape index (κ1) is 17.4. The van der Waals surface area contributed by atoms with E-state index in [0.717, 1.165) is 51.4 Å². The van der Waals surface area contributed by atoms with E-state index in [0.29, 0.717) is 6.04 Å². The lowest BCUT2D eigenvalue weighted by molar-refractivity contribution is -0.0124. The van der Waals surface area contributed by atoms with Gasteiger partial charge in [0.1, 0.15) is 0 Å². The van der Waals surface area contributed by atoms with Crippen LogP contribution in [-0.4, -0.2) is 66.9 Å². The fourth-order valence-electron chi connectivity index (χ4n) is 4.04. The maximum absolute atomic E-state index is 12.3. The molecule has 2 amide bonds. The average molecular weight is 342 g/mol. The number of amides is 2. The second kappa shape index (κ2) is 8.58. The minimum atomic E-state index is 0.0291. The van der Waals surface area contributed by atoms with Gasteiger partial charge in [0.2, 0.25) is 0 Å². The molecular weight excluding hydrogens is 310 g/mol. The SMILES string of the molecule is O=C(NC[C@]1(N2CCOCC2)CCSC1)NC1CCCCCC1. The van der Waals surface area contributed by atoms with E-state index in [1.165, 1.54) is 37.9 Å². The lowest BCUT2D eigenvalue weighted by Gasteiger charge is -2.43. The molecule has 0 aromatic heterocycles. The number of urea groups is 1. The Morgan fingerprint density at radius 3 is 2.57 bits per heavy atom. The summed E-state index contributed by atoms with van der Waals surface area (Å²) in [5.41, 5.74) is 0.134. The van der Waals surface area contributed by atoms with Gasteiger partial charge in [-0.05, 0) is 25.0 Å². The predicted molar refractivity (Wildman–Crippen MR) is 95.1 cm³/mol. The summed E-state index contributed by atoms with van der Waals surface area (Å²) in [4.78, 5) is 14.9. The summed E-state index contributed by atoms with van der Waals surface area (Å²) < 4.78 is 5.49. The first-order valence-electron chi connectivity index (χ1n) is 9.23. The third-order valence-electron chi connectivity index (χ3n) is 5.53. The van der Waals surface area contributed by atoms with Crippen molar-refractivity contribution >= 4 is 17.8 Å². The number of rotatable bonds is 4. The average Bonchev–Trinajstić information content (AvgIpc) is 2.93. The fourth-order valence-corrected chi connectivity index (χ4v) is 5.52. The van der Waals surface area contributed by atoms with Gasteiger partial charge in [-0.1, -0.05) is 25.7 Å². The van der Waals surface area contributed by atoms with Crippen LogP contribution in [0.25, 0.3) is 0 Å². The number of nitrogens with zero attached hydrogens (tertiary/aromatic N) is 1. The molecule has 1 aliphatic carbocycles. The molecule has 1 saturated carbocycles. The topological polar surface area (TPSA) is 53.6 Å². The molecule has 6 heteroatoms. The van der Waals surface area contributed by atoms with Crippen LogP contribution in [-0.2, 0) is 4.74 Å². The van der Waals surface area contributed by atoms with Crippen LogP contribution >= 0.6 is 11.8 Å². The Labute approximate surface area is 144 Å². The highest BCUT2D eigenvalue weighted by Gasteiger charge is 2.40. The van der Waals surface area contributed by atoms with Crippen molar-refractivity contribution in [3.8, 4) is 0 Å². The molecule has 0 radical (unpaired) electrons. The van der Waals surface area contributed by atoms with E-state index < -0.39 is 0 Å². The molecule has 2 aliphatic heterocycles. The van der Waals surface area contributed by atoms with E-state index in [9.17, 15) is 4.79 Å². The van der Waals surface area contributed by atoms with Gasteiger partial charge in [-0.25, -0.2) is 4.79 Å². The number of carbonyl (C=O) groups excluding carboxylic acids is 1. The van der Waals surface area contributed by atoms with Crippen LogP contribution in [0.15, 0.2) is 0 Å². The Morgan fingerprint density at radius 2 is 1.91 bits per heavy atom. The molecule has 3 aliphatic rings. The molecule has 2 saturated heterocycles. The van der Waals surface area contributed by atoms with Crippen LogP contribution in [0.4, 0.5) is 4.79 Å². The number of ether oxygens (including phenoxy) is 1. The Kier molecular flexibility index (Phi) is 6.48. The molecule has 0 bridgehead atoms. The minimum absolute atomic E-state index is 0.0291. The molecule has 2 N–H and O–H groups in total. The van der Waals surface area contributed by atoms with Crippen molar-refractivity contribution in [3.05, 3.63) is 0 Å². The van der Waals surface area contributed by atoms with E-state index >= 15 is 0 Å². The van der Waals surface area contributed by atoms with E-state index in [1.807, 2.05) is 11.8 Å². The van der Waals surface area contributed by atoms with Crippen molar-refractivity contribution in [2.75, 3.05) is 44.4 Å². The zero-order valence-corrected chi connectivity index (χ0v) is 15.0. The molecule has 5 nitrogen and oxygen atoms in total. The van der Waals surface area contributed by atoms with Crippen molar-refractivity contribution in [2.24, 2.45) is 0 Å². The van der Waals surface area contributed by atoms with E-state index in [2.05, 4.69) is 15.5 Å². The summed E-state index contributed by atoms with van der Waals surface area (Å²) in [7, 11) is 0. The molecule has 3 rings (SSSR count). The highest BCUT2D eigenvalue weighted by Crippen LogP contribution is 2.33. The van der Waals surface area contributed by atoms with Crippen molar-refractivity contribution in [1.29, 1.82) is 0 Å². The van der Waals surface area contributed by atoms with Gasteiger partial charge >= 0.3 is 6.03 Å². The minimum Gasteiger partial charge on any atom is -0.379 e. The smallest absolute Gasteiger partial charge is 0.315 e. The first-order valence-corrected chi connectivity index (χ1v) is 10.4. The van der Waals surface area contributed by atoms with Gasteiger partial charge in [0.05, 0.1) is 13.2 Å². The number of thioether (sulfide) groups is 1. The van der Waals surface area contributed by atoms with Crippen molar-refractivity contribution in [1.82, 2.24) is 15.5 Å². The second-order valence-electron chi connectivity index (χ2n) is 7.14. The summed E-state index contributed by atoms with van der Waals surface area (Å²) in [6.45, 7) is 4.39. The van der Waals surface area contributed by atoms with Crippen molar-refractivity contribution in [2.45, 2.75) is 56.5 Å². The van der Waals surface area contributed by atoms with Crippen LogP contribution in [0.1, 0.15) is 44.9 Å². The lowest BCUT2D eigenvalue weighted by atomic mass is 9.95.